The molecule has 0 N–H and O–H groups in total. The molecule has 2 aliphatic rings. The molecular weight excluding hydrogens is 381 g/mol. The van der Waals surface area contributed by atoms with Crippen molar-refractivity contribution in [3.63, 3.8) is 0 Å². The molecule has 4 rings (SSSR count). The van der Waals surface area contributed by atoms with Gasteiger partial charge in [-0.15, -0.1) is 0 Å². The van der Waals surface area contributed by atoms with Crippen LogP contribution < -0.4 is 0 Å². The summed E-state index contributed by atoms with van der Waals surface area (Å²) in [7, 11) is 0. The molecule has 2 aromatic carbocycles. The predicted molar refractivity (Wildman–Crippen MR) is 117 cm³/mol. The lowest BCUT2D eigenvalue weighted by Crippen LogP contribution is -2.32. The number of hydrogen-bond acceptors (Lipinski definition) is 0. The Morgan fingerprint density at radius 2 is 1.50 bits per heavy atom. The third kappa shape index (κ3) is 4.60. The minimum Gasteiger partial charge on any atom is -0.204 e. The number of halogens is 3. The maximum absolute atomic E-state index is 13.6. The van der Waals surface area contributed by atoms with Gasteiger partial charge in [0.1, 0.15) is 0 Å². The zero-order chi connectivity index (χ0) is 21.1. The molecule has 3 heteroatoms. The fraction of sp³-hybridized carbons (Fsp3) is 0.556. The van der Waals surface area contributed by atoms with Crippen molar-refractivity contribution in [1.29, 1.82) is 0 Å². The van der Waals surface area contributed by atoms with Crippen molar-refractivity contribution >= 4 is 0 Å². The molecule has 0 aliphatic heterocycles. The van der Waals surface area contributed by atoms with Gasteiger partial charge in [0.15, 0.2) is 17.5 Å². The molecule has 4 atom stereocenters. The molecule has 0 bridgehead atoms. The quantitative estimate of drug-likeness (QED) is 0.415. The first-order chi connectivity index (χ1) is 14.6. The zero-order valence-corrected chi connectivity index (χ0v) is 18.0. The van der Waals surface area contributed by atoms with E-state index in [0.29, 0.717) is 11.5 Å². The van der Waals surface area contributed by atoms with Gasteiger partial charge in [0.2, 0.25) is 0 Å². The van der Waals surface area contributed by atoms with Crippen molar-refractivity contribution in [3.05, 3.63) is 59.4 Å². The minimum atomic E-state index is -1.41. The van der Waals surface area contributed by atoms with E-state index in [-0.39, 0.29) is 0 Å². The van der Waals surface area contributed by atoms with Crippen LogP contribution in [0.3, 0.4) is 0 Å². The molecule has 0 heterocycles. The van der Waals surface area contributed by atoms with Gasteiger partial charge >= 0.3 is 0 Å². The maximum atomic E-state index is 13.6. The van der Waals surface area contributed by atoms with Crippen LogP contribution in [0.1, 0.15) is 82.6 Å². The summed E-state index contributed by atoms with van der Waals surface area (Å²) < 4.78 is 40.5. The van der Waals surface area contributed by atoms with Gasteiger partial charge in [-0.05, 0) is 71.8 Å². The van der Waals surface area contributed by atoms with Gasteiger partial charge in [0, 0.05) is 0 Å². The van der Waals surface area contributed by atoms with Crippen molar-refractivity contribution < 1.29 is 13.2 Å². The highest BCUT2D eigenvalue weighted by Gasteiger charge is 2.35. The fourth-order valence-electron chi connectivity index (χ4n) is 6.17. The van der Waals surface area contributed by atoms with Crippen LogP contribution >= 0.6 is 0 Å². The Morgan fingerprint density at radius 3 is 2.20 bits per heavy atom. The van der Waals surface area contributed by atoms with Gasteiger partial charge < -0.3 is 0 Å². The van der Waals surface area contributed by atoms with Crippen LogP contribution in [0, 0.1) is 35.2 Å². The molecule has 2 aliphatic carbocycles. The molecule has 0 saturated heterocycles. The first-order valence-electron chi connectivity index (χ1n) is 11.8. The van der Waals surface area contributed by atoms with Gasteiger partial charge in [-0.1, -0.05) is 76.1 Å². The van der Waals surface area contributed by atoms with Crippen molar-refractivity contribution in [3.8, 4) is 11.1 Å². The van der Waals surface area contributed by atoms with Gasteiger partial charge in [0.05, 0.1) is 0 Å². The summed E-state index contributed by atoms with van der Waals surface area (Å²) in [6, 6.07) is 10.2. The van der Waals surface area contributed by atoms with Gasteiger partial charge in [0.25, 0.3) is 0 Å². The maximum Gasteiger partial charge on any atom is 0.194 e. The van der Waals surface area contributed by atoms with Crippen molar-refractivity contribution in [1.82, 2.24) is 0 Å². The predicted octanol–water partition coefficient (Wildman–Crippen LogP) is 8.65. The molecule has 0 aromatic heterocycles. The number of hydrogen-bond donors (Lipinski definition) is 0. The zero-order valence-electron chi connectivity index (χ0n) is 18.0. The molecule has 2 aromatic rings. The molecule has 162 valence electrons. The third-order valence-electron chi connectivity index (χ3n) is 7.65. The SMILES string of the molecule is CCCC(CC1CCCC2CCCCC21)c1ccc(-c2cc(F)c(F)c(F)c2)cc1. The molecule has 2 fully saturated rings. The second kappa shape index (κ2) is 9.58. The minimum absolute atomic E-state index is 0.377. The van der Waals surface area contributed by atoms with Crippen molar-refractivity contribution in [2.75, 3.05) is 0 Å². The summed E-state index contributed by atoms with van der Waals surface area (Å²) in [5.74, 6) is -0.458. The second-order valence-corrected chi connectivity index (χ2v) is 9.50. The fourth-order valence-corrected chi connectivity index (χ4v) is 6.17. The second-order valence-electron chi connectivity index (χ2n) is 9.50. The Morgan fingerprint density at radius 1 is 0.833 bits per heavy atom. The highest BCUT2D eigenvalue weighted by Crippen LogP contribution is 2.47. The molecular formula is C27H33F3. The van der Waals surface area contributed by atoms with E-state index < -0.39 is 17.5 Å². The topological polar surface area (TPSA) is 0 Å². The summed E-state index contributed by atoms with van der Waals surface area (Å²) in [4.78, 5) is 0. The van der Waals surface area contributed by atoms with Gasteiger partial charge in [-0.3, -0.25) is 0 Å². The lowest BCUT2D eigenvalue weighted by molar-refractivity contribution is 0.0922. The number of benzene rings is 2. The number of rotatable bonds is 6. The molecule has 0 amide bonds. The Hall–Kier alpha value is -1.77. The Balaban J connectivity index is 1.51. The molecule has 4 unspecified atom stereocenters. The summed E-state index contributed by atoms with van der Waals surface area (Å²) in [6.07, 6.45) is 13.4. The van der Waals surface area contributed by atoms with Crippen molar-refractivity contribution in [2.45, 2.75) is 77.0 Å². The highest BCUT2D eigenvalue weighted by atomic mass is 19.2. The molecule has 0 nitrogen and oxygen atoms in total. The van der Waals surface area contributed by atoms with E-state index in [1.165, 1.54) is 63.4 Å². The van der Waals surface area contributed by atoms with Gasteiger partial charge in [-0.25, -0.2) is 13.2 Å². The standard InChI is InChI=1S/C27H33F3/c1-2-6-21(15-22-9-5-8-20-7-3-4-10-24(20)22)18-11-13-19(14-12-18)23-16-25(28)27(30)26(29)17-23/h11-14,16-17,20-22,24H,2-10,15H2,1H3. The van der Waals surface area contributed by atoms with E-state index >= 15 is 0 Å². The van der Waals surface area contributed by atoms with E-state index in [4.69, 9.17) is 0 Å². The first kappa shape index (κ1) is 21.5. The third-order valence-corrected chi connectivity index (χ3v) is 7.65. The molecule has 0 radical (unpaired) electrons. The van der Waals surface area contributed by atoms with E-state index in [1.54, 1.807) is 0 Å². The highest BCUT2D eigenvalue weighted by molar-refractivity contribution is 5.64. The molecule has 30 heavy (non-hydrogen) atoms. The first-order valence-corrected chi connectivity index (χ1v) is 11.8. The van der Waals surface area contributed by atoms with E-state index in [0.717, 1.165) is 41.9 Å². The lowest BCUT2D eigenvalue weighted by Gasteiger charge is -2.42. The van der Waals surface area contributed by atoms with Crippen LogP contribution in [-0.2, 0) is 0 Å². The van der Waals surface area contributed by atoms with Crippen LogP contribution in [0.2, 0.25) is 0 Å². The summed E-state index contributed by atoms with van der Waals surface area (Å²) in [6.45, 7) is 2.25. The summed E-state index contributed by atoms with van der Waals surface area (Å²) >= 11 is 0. The Kier molecular flexibility index (Phi) is 6.85. The monoisotopic (exact) mass is 414 g/mol. The largest absolute Gasteiger partial charge is 0.204 e. The number of fused-ring (bicyclic) bond motifs is 1. The lowest BCUT2D eigenvalue weighted by atomic mass is 9.63. The van der Waals surface area contributed by atoms with E-state index in [2.05, 4.69) is 19.1 Å². The van der Waals surface area contributed by atoms with Crippen molar-refractivity contribution in [2.24, 2.45) is 17.8 Å². The van der Waals surface area contributed by atoms with Crippen LogP contribution in [0.15, 0.2) is 36.4 Å². The Bertz CT molecular complexity index is 817. The average Bonchev–Trinajstić information content (AvgIpc) is 2.77. The van der Waals surface area contributed by atoms with E-state index in [9.17, 15) is 13.2 Å². The smallest absolute Gasteiger partial charge is 0.194 e. The summed E-state index contributed by atoms with van der Waals surface area (Å²) in [5, 5.41) is 0. The van der Waals surface area contributed by atoms with Gasteiger partial charge in [-0.2, -0.15) is 0 Å². The molecule has 0 spiro atoms. The summed E-state index contributed by atoms with van der Waals surface area (Å²) in [5.41, 5.74) is 2.42. The average molecular weight is 415 g/mol. The van der Waals surface area contributed by atoms with Crippen LogP contribution in [-0.4, -0.2) is 0 Å². The van der Waals surface area contributed by atoms with Crippen LogP contribution in [0.4, 0.5) is 13.2 Å². The normalized spacial score (nSPS) is 25.0. The Labute approximate surface area is 178 Å². The van der Waals surface area contributed by atoms with Crippen LogP contribution in [0.5, 0.6) is 0 Å². The molecule has 2 saturated carbocycles. The van der Waals surface area contributed by atoms with Crippen LogP contribution in [0.25, 0.3) is 11.1 Å². The van der Waals surface area contributed by atoms with E-state index in [1.807, 2.05) is 12.1 Å².